The molecule has 2 aromatic rings. The third kappa shape index (κ3) is 4.12. The average molecular weight is 392 g/mol. The fourth-order valence-electron chi connectivity index (χ4n) is 2.97. The number of halogens is 1. The molecule has 144 valence electrons. The first-order valence-corrected chi connectivity index (χ1v) is 10.2. The molecule has 0 bridgehead atoms. The maximum absolute atomic E-state index is 13.8. The second kappa shape index (κ2) is 8.06. The molecule has 8 heteroatoms. The molecule has 0 unspecified atom stereocenters. The van der Waals surface area contributed by atoms with Crippen LogP contribution in [0.1, 0.15) is 30.1 Å². The van der Waals surface area contributed by atoms with Gasteiger partial charge in [-0.3, -0.25) is 4.79 Å². The van der Waals surface area contributed by atoms with Crippen molar-refractivity contribution in [1.29, 1.82) is 0 Å². The number of nitrogens with one attached hydrogen (secondary N) is 1. The Morgan fingerprint density at radius 3 is 2.56 bits per heavy atom. The van der Waals surface area contributed by atoms with Crippen molar-refractivity contribution in [3.05, 3.63) is 53.8 Å². The van der Waals surface area contributed by atoms with E-state index in [0.29, 0.717) is 19.7 Å². The Balaban J connectivity index is 1.94. The molecule has 1 aliphatic heterocycles. The highest BCUT2D eigenvalue weighted by molar-refractivity contribution is 7.89. The molecule has 0 saturated carbocycles. The normalized spacial score (nSPS) is 14.9. The van der Waals surface area contributed by atoms with Crippen molar-refractivity contribution in [3.8, 4) is 5.75 Å². The molecule has 3 rings (SSSR count). The molecule has 0 radical (unpaired) electrons. The van der Waals surface area contributed by atoms with Crippen molar-refractivity contribution in [3.63, 3.8) is 0 Å². The molecule has 1 saturated heterocycles. The van der Waals surface area contributed by atoms with Crippen molar-refractivity contribution >= 4 is 21.6 Å². The maximum atomic E-state index is 13.8. The zero-order valence-electron chi connectivity index (χ0n) is 14.9. The number of amides is 1. The van der Waals surface area contributed by atoms with Gasteiger partial charge < -0.3 is 10.1 Å². The highest BCUT2D eigenvalue weighted by Crippen LogP contribution is 2.31. The van der Waals surface area contributed by atoms with Crippen LogP contribution in [-0.4, -0.2) is 38.3 Å². The summed E-state index contributed by atoms with van der Waals surface area (Å²) in [5.41, 5.74) is 0.139. The molecular formula is C19H21FN2O4S. The second-order valence-corrected chi connectivity index (χ2v) is 8.05. The lowest BCUT2D eigenvalue weighted by Crippen LogP contribution is -2.28. The van der Waals surface area contributed by atoms with Crippen LogP contribution >= 0.6 is 0 Å². The number of carbonyl (C=O) groups is 1. The SMILES string of the molecule is CCOc1ccc(NC(=O)c2ccccc2F)cc1S(=O)(=O)N1CCCC1. The molecular weight excluding hydrogens is 371 g/mol. The van der Waals surface area contributed by atoms with Gasteiger partial charge in [-0.15, -0.1) is 0 Å². The summed E-state index contributed by atoms with van der Waals surface area (Å²) in [5.74, 6) is -1.07. The van der Waals surface area contributed by atoms with Gasteiger partial charge in [0.15, 0.2) is 0 Å². The third-order valence-corrected chi connectivity index (χ3v) is 6.22. The number of rotatable bonds is 6. The molecule has 0 spiro atoms. The van der Waals surface area contributed by atoms with E-state index in [9.17, 15) is 17.6 Å². The van der Waals surface area contributed by atoms with E-state index in [0.717, 1.165) is 12.8 Å². The summed E-state index contributed by atoms with van der Waals surface area (Å²) < 4.78 is 46.6. The molecule has 2 aromatic carbocycles. The van der Waals surface area contributed by atoms with Gasteiger partial charge in [-0.05, 0) is 50.1 Å². The standard InChI is InChI=1S/C19H21FN2O4S/c1-2-26-17-10-9-14(21-19(23)15-7-3-4-8-16(15)20)13-18(17)27(24,25)22-11-5-6-12-22/h3-4,7-10,13H,2,5-6,11-12H2,1H3,(H,21,23). The molecule has 1 aliphatic rings. The predicted molar refractivity (Wildman–Crippen MR) is 100.0 cm³/mol. The van der Waals surface area contributed by atoms with Crippen molar-refractivity contribution in [2.24, 2.45) is 0 Å². The molecule has 27 heavy (non-hydrogen) atoms. The highest BCUT2D eigenvalue weighted by atomic mass is 32.2. The summed E-state index contributed by atoms with van der Waals surface area (Å²) in [6.07, 6.45) is 1.62. The Kier molecular flexibility index (Phi) is 5.76. The van der Waals surface area contributed by atoms with Crippen molar-refractivity contribution < 1.29 is 22.3 Å². The quantitative estimate of drug-likeness (QED) is 0.819. The first-order chi connectivity index (χ1) is 12.9. The minimum Gasteiger partial charge on any atom is -0.492 e. The van der Waals surface area contributed by atoms with Crippen LogP contribution in [0.2, 0.25) is 0 Å². The number of nitrogens with zero attached hydrogens (tertiary/aromatic N) is 1. The molecule has 6 nitrogen and oxygen atoms in total. The Morgan fingerprint density at radius 1 is 1.19 bits per heavy atom. The van der Waals surface area contributed by atoms with Crippen LogP contribution in [0.25, 0.3) is 0 Å². The zero-order valence-corrected chi connectivity index (χ0v) is 15.8. The van der Waals surface area contributed by atoms with E-state index in [-0.39, 0.29) is 21.9 Å². The molecule has 0 aromatic heterocycles. The van der Waals surface area contributed by atoms with E-state index >= 15 is 0 Å². The van der Waals surface area contributed by atoms with E-state index in [1.807, 2.05) is 0 Å². The fraction of sp³-hybridized carbons (Fsp3) is 0.316. The van der Waals surface area contributed by atoms with E-state index in [4.69, 9.17) is 4.74 Å². The monoisotopic (exact) mass is 392 g/mol. The molecule has 1 N–H and O–H groups in total. The summed E-state index contributed by atoms with van der Waals surface area (Å²) in [6, 6.07) is 9.99. The molecule has 0 atom stereocenters. The summed E-state index contributed by atoms with van der Waals surface area (Å²) in [4.78, 5) is 12.3. The minimum absolute atomic E-state index is 0.00224. The summed E-state index contributed by atoms with van der Waals surface area (Å²) in [7, 11) is -3.74. The summed E-state index contributed by atoms with van der Waals surface area (Å²) in [6.45, 7) is 2.99. The van der Waals surface area contributed by atoms with E-state index in [1.165, 1.54) is 40.7 Å². The third-order valence-electron chi connectivity index (χ3n) is 4.30. The molecule has 1 fully saturated rings. The van der Waals surface area contributed by atoms with Crippen molar-refractivity contribution in [1.82, 2.24) is 4.31 Å². The van der Waals surface area contributed by atoms with Crippen molar-refractivity contribution in [2.75, 3.05) is 25.0 Å². The molecule has 1 amide bonds. The number of hydrogen-bond acceptors (Lipinski definition) is 4. The Hall–Kier alpha value is -2.45. The Bertz CT molecular complexity index is 940. The Morgan fingerprint density at radius 2 is 1.89 bits per heavy atom. The van der Waals surface area contributed by atoms with E-state index in [1.54, 1.807) is 13.0 Å². The first-order valence-electron chi connectivity index (χ1n) is 8.76. The number of sulfonamides is 1. The molecule has 1 heterocycles. The Labute approximate surface area is 158 Å². The van der Waals surface area contributed by atoms with Gasteiger partial charge in [-0.2, -0.15) is 4.31 Å². The number of benzene rings is 2. The number of hydrogen-bond donors (Lipinski definition) is 1. The number of ether oxygens (including phenoxy) is 1. The van der Waals surface area contributed by atoms with Crippen LogP contribution in [0, 0.1) is 5.82 Å². The van der Waals surface area contributed by atoms with E-state index < -0.39 is 21.7 Å². The van der Waals surface area contributed by atoms with Gasteiger partial charge in [0.1, 0.15) is 16.5 Å². The van der Waals surface area contributed by atoms with Crippen LogP contribution in [0.3, 0.4) is 0 Å². The van der Waals surface area contributed by atoms with Crippen LogP contribution < -0.4 is 10.1 Å². The minimum atomic E-state index is -3.74. The second-order valence-electron chi connectivity index (χ2n) is 6.14. The summed E-state index contributed by atoms with van der Waals surface area (Å²) in [5, 5.41) is 2.55. The highest BCUT2D eigenvalue weighted by Gasteiger charge is 2.30. The smallest absolute Gasteiger partial charge is 0.258 e. The van der Waals surface area contributed by atoms with Crippen LogP contribution in [0.5, 0.6) is 5.75 Å². The van der Waals surface area contributed by atoms with Gasteiger partial charge in [-0.1, -0.05) is 12.1 Å². The first kappa shape index (κ1) is 19.3. The lowest BCUT2D eigenvalue weighted by molar-refractivity contribution is 0.102. The zero-order chi connectivity index (χ0) is 19.4. The largest absolute Gasteiger partial charge is 0.492 e. The predicted octanol–water partition coefficient (Wildman–Crippen LogP) is 3.26. The van der Waals surface area contributed by atoms with Gasteiger partial charge >= 0.3 is 0 Å². The van der Waals surface area contributed by atoms with Crippen LogP contribution in [-0.2, 0) is 10.0 Å². The average Bonchev–Trinajstić information content (AvgIpc) is 3.19. The van der Waals surface area contributed by atoms with Gasteiger partial charge in [0.05, 0.1) is 12.2 Å². The number of anilines is 1. The van der Waals surface area contributed by atoms with Gasteiger partial charge in [0.2, 0.25) is 10.0 Å². The van der Waals surface area contributed by atoms with Crippen LogP contribution in [0.15, 0.2) is 47.4 Å². The lowest BCUT2D eigenvalue weighted by atomic mass is 10.2. The summed E-state index contributed by atoms with van der Waals surface area (Å²) >= 11 is 0. The van der Waals surface area contributed by atoms with Gasteiger partial charge in [-0.25, -0.2) is 12.8 Å². The lowest BCUT2D eigenvalue weighted by Gasteiger charge is -2.19. The maximum Gasteiger partial charge on any atom is 0.258 e. The van der Waals surface area contributed by atoms with Gasteiger partial charge in [0.25, 0.3) is 5.91 Å². The topological polar surface area (TPSA) is 75.7 Å². The van der Waals surface area contributed by atoms with Crippen molar-refractivity contribution in [2.45, 2.75) is 24.7 Å². The fourth-order valence-corrected chi connectivity index (χ4v) is 4.65. The van der Waals surface area contributed by atoms with Crippen LogP contribution in [0.4, 0.5) is 10.1 Å². The number of carbonyl (C=O) groups excluding carboxylic acids is 1. The van der Waals surface area contributed by atoms with Gasteiger partial charge in [0, 0.05) is 18.8 Å². The van der Waals surface area contributed by atoms with E-state index in [2.05, 4.69) is 5.32 Å². The molecule has 0 aliphatic carbocycles.